The predicted octanol–water partition coefficient (Wildman–Crippen LogP) is 4.26. The first kappa shape index (κ1) is 14.7. The molecule has 2 aromatic rings. The van der Waals surface area contributed by atoms with Crippen molar-refractivity contribution in [2.75, 3.05) is 25.6 Å². The lowest BCUT2D eigenvalue weighted by Crippen LogP contribution is -2.12. The molecule has 4 heteroatoms. The number of anilines is 1. The molecule has 0 radical (unpaired) electrons. The van der Waals surface area contributed by atoms with Gasteiger partial charge in [0, 0.05) is 11.0 Å². The smallest absolute Gasteiger partial charge is 0.141 e. The molecule has 106 valence electrons. The number of rotatable bonds is 6. The van der Waals surface area contributed by atoms with Gasteiger partial charge >= 0.3 is 0 Å². The Morgan fingerprint density at radius 1 is 1.10 bits per heavy atom. The summed E-state index contributed by atoms with van der Waals surface area (Å²) in [7, 11) is 1.67. The van der Waals surface area contributed by atoms with Gasteiger partial charge in [-0.2, -0.15) is 0 Å². The van der Waals surface area contributed by atoms with Crippen molar-refractivity contribution in [1.82, 2.24) is 0 Å². The zero-order valence-electron chi connectivity index (χ0n) is 11.7. The summed E-state index contributed by atoms with van der Waals surface area (Å²) < 4.78 is 12.0. The quantitative estimate of drug-likeness (QED) is 0.800. The average Bonchev–Trinajstić information content (AvgIpc) is 2.46. The van der Waals surface area contributed by atoms with Crippen LogP contribution < -0.4 is 14.8 Å². The van der Waals surface area contributed by atoms with Crippen LogP contribution in [0.4, 0.5) is 5.69 Å². The third-order valence-electron chi connectivity index (χ3n) is 2.85. The largest absolute Gasteiger partial charge is 0.495 e. The third-order valence-corrected chi connectivity index (χ3v) is 3.38. The minimum atomic E-state index is 0.596. The maximum absolute atomic E-state index is 5.66. The lowest BCUT2D eigenvalue weighted by molar-refractivity contribution is 0.332. The van der Waals surface area contributed by atoms with Crippen LogP contribution in [0.2, 0.25) is 0 Å². The Kier molecular flexibility index (Phi) is 5.30. The number of benzene rings is 2. The van der Waals surface area contributed by atoms with Crippen LogP contribution in [0, 0.1) is 6.92 Å². The molecule has 0 aliphatic rings. The second kappa shape index (κ2) is 7.20. The van der Waals surface area contributed by atoms with Crippen molar-refractivity contribution in [3.63, 3.8) is 0 Å². The summed E-state index contributed by atoms with van der Waals surface area (Å²) in [6.45, 7) is 3.37. The van der Waals surface area contributed by atoms with Crippen molar-refractivity contribution >= 4 is 21.6 Å². The molecule has 0 aromatic heterocycles. The maximum atomic E-state index is 5.66. The van der Waals surface area contributed by atoms with Crippen LogP contribution >= 0.6 is 15.9 Å². The highest BCUT2D eigenvalue weighted by atomic mass is 79.9. The molecule has 1 N–H and O–H groups in total. The first-order valence-electron chi connectivity index (χ1n) is 6.46. The number of halogens is 1. The lowest BCUT2D eigenvalue weighted by Gasteiger charge is -2.12. The van der Waals surface area contributed by atoms with Gasteiger partial charge < -0.3 is 14.8 Å². The highest BCUT2D eigenvalue weighted by Gasteiger charge is 2.02. The van der Waals surface area contributed by atoms with Crippen LogP contribution in [0.15, 0.2) is 46.9 Å². The third kappa shape index (κ3) is 4.17. The SMILES string of the molecule is COc1ccc(C)cc1NCCOc1ccc(Br)cc1. The molecule has 0 saturated heterocycles. The summed E-state index contributed by atoms with van der Waals surface area (Å²) >= 11 is 3.40. The Bertz CT molecular complexity index is 555. The number of methoxy groups -OCH3 is 1. The van der Waals surface area contributed by atoms with Crippen molar-refractivity contribution < 1.29 is 9.47 Å². The average molecular weight is 336 g/mol. The molecule has 2 aromatic carbocycles. The van der Waals surface area contributed by atoms with Gasteiger partial charge in [-0.15, -0.1) is 0 Å². The molecule has 0 spiro atoms. The van der Waals surface area contributed by atoms with Crippen LogP contribution in [-0.2, 0) is 0 Å². The van der Waals surface area contributed by atoms with E-state index < -0.39 is 0 Å². The number of aryl methyl sites for hydroxylation is 1. The molecule has 0 amide bonds. The molecular formula is C16H18BrNO2. The van der Waals surface area contributed by atoms with E-state index in [1.54, 1.807) is 7.11 Å². The van der Waals surface area contributed by atoms with E-state index in [0.717, 1.165) is 28.2 Å². The number of hydrogen-bond donors (Lipinski definition) is 1. The Morgan fingerprint density at radius 3 is 2.55 bits per heavy atom. The van der Waals surface area contributed by atoms with Crippen LogP contribution in [0.5, 0.6) is 11.5 Å². The van der Waals surface area contributed by atoms with E-state index in [4.69, 9.17) is 9.47 Å². The molecule has 0 aliphatic carbocycles. The van der Waals surface area contributed by atoms with Crippen LogP contribution in [0.1, 0.15) is 5.56 Å². The topological polar surface area (TPSA) is 30.5 Å². The fraction of sp³-hybridized carbons (Fsp3) is 0.250. The maximum Gasteiger partial charge on any atom is 0.141 e. The Hall–Kier alpha value is -1.68. The highest BCUT2D eigenvalue weighted by molar-refractivity contribution is 9.10. The zero-order chi connectivity index (χ0) is 14.4. The second-order valence-corrected chi connectivity index (χ2v) is 5.35. The summed E-state index contributed by atoms with van der Waals surface area (Å²) in [5.41, 5.74) is 2.19. The molecule has 0 atom stereocenters. The van der Waals surface area contributed by atoms with E-state index >= 15 is 0 Å². The second-order valence-electron chi connectivity index (χ2n) is 4.43. The van der Waals surface area contributed by atoms with Crippen molar-refractivity contribution in [2.45, 2.75) is 6.92 Å². The fourth-order valence-corrected chi connectivity index (χ4v) is 2.11. The zero-order valence-corrected chi connectivity index (χ0v) is 13.2. The van der Waals surface area contributed by atoms with Crippen LogP contribution in [0.3, 0.4) is 0 Å². The monoisotopic (exact) mass is 335 g/mol. The molecule has 3 nitrogen and oxygen atoms in total. The van der Waals surface area contributed by atoms with E-state index in [9.17, 15) is 0 Å². The van der Waals surface area contributed by atoms with Crippen molar-refractivity contribution in [2.24, 2.45) is 0 Å². The van der Waals surface area contributed by atoms with Crippen molar-refractivity contribution in [1.29, 1.82) is 0 Å². The van der Waals surface area contributed by atoms with Crippen molar-refractivity contribution in [3.05, 3.63) is 52.5 Å². The molecular weight excluding hydrogens is 318 g/mol. The van der Waals surface area contributed by atoms with Gasteiger partial charge in [0.2, 0.25) is 0 Å². The number of hydrogen-bond acceptors (Lipinski definition) is 3. The van der Waals surface area contributed by atoms with Gasteiger partial charge in [-0.05, 0) is 48.9 Å². The number of ether oxygens (including phenoxy) is 2. The van der Waals surface area contributed by atoms with Crippen LogP contribution in [0.25, 0.3) is 0 Å². The van der Waals surface area contributed by atoms with Crippen molar-refractivity contribution in [3.8, 4) is 11.5 Å². The van der Waals surface area contributed by atoms with Gasteiger partial charge in [-0.3, -0.25) is 0 Å². The Balaban J connectivity index is 1.84. The Morgan fingerprint density at radius 2 is 1.85 bits per heavy atom. The summed E-state index contributed by atoms with van der Waals surface area (Å²) in [6.07, 6.45) is 0. The van der Waals surface area contributed by atoms with E-state index in [-0.39, 0.29) is 0 Å². The van der Waals surface area contributed by atoms with Gasteiger partial charge in [-0.1, -0.05) is 22.0 Å². The van der Waals surface area contributed by atoms with Gasteiger partial charge in [-0.25, -0.2) is 0 Å². The molecule has 0 fully saturated rings. The fourth-order valence-electron chi connectivity index (χ4n) is 1.85. The summed E-state index contributed by atoms with van der Waals surface area (Å²) in [5, 5.41) is 3.33. The minimum Gasteiger partial charge on any atom is -0.495 e. The Labute approximate surface area is 128 Å². The van der Waals surface area contributed by atoms with Gasteiger partial charge in [0.15, 0.2) is 0 Å². The molecule has 0 bridgehead atoms. The summed E-state index contributed by atoms with van der Waals surface area (Å²) in [6, 6.07) is 13.9. The van der Waals surface area contributed by atoms with E-state index in [0.29, 0.717) is 6.61 Å². The molecule has 20 heavy (non-hydrogen) atoms. The molecule has 2 rings (SSSR count). The van der Waals surface area contributed by atoms with Gasteiger partial charge in [0.1, 0.15) is 18.1 Å². The van der Waals surface area contributed by atoms with Gasteiger partial charge in [0.05, 0.1) is 12.8 Å². The van der Waals surface area contributed by atoms with E-state index in [1.165, 1.54) is 5.56 Å². The van der Waals surface area contributed by atoms with Crippen LogP contribution in [-0.4, -0.2) is 20.3 Å². The highest BCUT2D eigenvalue weighted by Crippen LogP contribution is 2.24. The standard InChI is InChI=1S/C16H18BrNO2/c1-12-3-8-16(19-2)15(11-12)18-9-10-20-14-6-4-13(17)5-7-14/h3-8,11,18H,9-10H2,1-2H3. The first-order chi connectivity index (χ1) is 9.69. The molecule has 0 saturated carbocycles. The summed E-state index contributed by atoms with van der Waals surface area (Å²) in [5.74, 6) is 1.71. The summed E-state index contributed by atoms with van der Waals surface area (Å²) in [4.78, 5) is 0. The van der Waals surface area contributed by atoms with E-state index in [2.05, 4.69) is 34.2 Å². The molecule has 0 aliphatic heterocycles. The first-order valence-corrected chi connectivity index (χ1v) is 7.25. The molecule has 0 unspecified atom stereocenters. The minimum absolute atomic E-state index is 0.596. The molecule has 0 heterocycles. The lowest BCUT2D eigenvalue weighted by atomic mass is 10.2. The normalized spacial score (nSPS) is 10.2. The van der Waals surface area contributed by atoms with Gasteiger partial charge in [0.25, 0.3) is 0 Å². The van der Waals surface area contributed by atoms with E-state index in [1.807, 2.05) is 36.4 Å². The predicted molar refractivity (Wildman–Crippen MR) is 85.9 cm³/mol. The number of nitrogens with one attached hydrogen (secondary N) is 1.